The summed E-state index contributed by atoms with van der Waals surface area (Å²) in [5.41, 5.74) is 15.0. The maximum atomic E-state index is 13.7. The van der Waals surface area contributed by atoms with Gasteiger partial charge in [0.1, 0.15) is 5.82 Å². The lowest BCUT2D eigenvalue weighted by Gasteiger charge is -2.20. The number of primary amides is 1. The summed E-state index contributed by atoms with van der Waals surface area (Å²) in [5, 5.41) is 9.59. The zero-order chi connectivity index (χ0) is 32.7. The van der Waals surface area contributed by atoms with E-state index in [0.717, 1.165) is 47.1 Å². The van der Waals surface area contributed by atoms with Crippen molar-refractivity contribution in [2.24, 2.45) is 11.7 Å². The average Bonchev–Trinajstić information content (AvgIpc) is 3.78. The van der Waals surface area contributed by atoms with Crippen molar-refractivity contribution < 1.29 is 13.6 Å². The second-order valence-corrected chi connectivity index (χ2v) is 13.0. The lowest BCUT2D eigenvalue weighted by atomic mass is 9.88. The van der Waals surface area contributed by atoms with E-state index < -0.39 is 5.91 Å². The van der Waals surface area contributed by atoms with Crippen LogP contribution in [-0.2, 0) is 32.2 Å². The Labute approximate surface area is 273 Å². The third kappa shape index (κ3) is 6.08. The fraction of sp³-hybridized carbons (Fsp3) is 0.282. The van der Waals surface area contributed by atoms with E-state index in [1.807, 2.05) is 0 Å². The molecule has 47 heavy (non-hydrogen) atoms. The number of aromatic nitrogens is 4. The van der Waals surface area contributed by atoms with Gasteiger partial charge in [0, 0.05) is 42.0 Å². The summed E-state index contributed by atoms with van der Waals surface area (Å²) in [7, 11) is 0. The number of halogens is 1. The highest BCUT2D eigenvalue weighted by Gasteiger charge is 2.29. The van der Waals surface area contributed by atoms with Crippen LogP contribution in [0.5, 0.6) is 0 Å². The van der Waals surface area contributed by atoms with Crippen LogP contribution in [0, 0.1) is 18.7 Å². The molecule has 1 aliphatic rings. The van der Waals surface area contributed by atoms with Crippen molar-refractivity contribution in [3.8, 4) is 22.6 Å². The minimum Gasteiger partial charge on any atom is -0.421 e. The summed E-state index contributed by atoms with van der Waals surface area (Å²) >= 11 is 0. The van der Waals surface area contributed by atoms with Crippen LogP contribution < -0.4 is 5.73 Å². The predicted octanol–water partition coefficient (Wildman–Crippen LogP) is 8.01. The molecule has 7 nitrogen and oxygen atoms in total. The number of carbonyl (C=O) groups is 1. The molecule has 3 aromatic carbocycles. The number of fused-ring (bicyclic) bond motifs is 2. The van der Waals surface area contributed by atoms with E-state index in [4.69, 9.17) is 15.1 Å². The second-order valence-electron chi connectivity index (χ2n) is 13.0. The Kier molecular flexibility index (Phi) is 8.18. The van der Waals surface area contributed by atoms with Crippen LogP contribution in [0.2, 0.25) is 0 Å². The van der Waals surface area contributed by atoms with Gasteiger partial charge in [-0.3, -0.25) is 9.78 Å². The Hall–Kier alpha value is -5.11. The Morgan fingerprint density at radius 1 is 1.00 bits per heavy atom. The van der Waals surface area contributed by atoms with Gasteiger partial charge in [-0.25, -0.2) is 4.39 Å². The quantitative estimate of drug-likeness (QED) is 0.166. The number of amides is 1. The topological polar surface area (TPSA) is 99.8 Å². The molecule has 1 atom stereocenters. The maximum Gasteiger partial charge on any atom is 0.251 e. The van der Waals surface area contributed by atoms with E-state index in [0.29, 0.717) is 53.5 Å². The summed E-state index contributed by atoms with van der Waals surface area (Å²) in [6, 6.07) is 23.7. The lowest BCUT2D eigenvalue weighted by molar-refractivity contribution is 0.0999. The van der Waals surface area contributed by atoms with E-state index in [1.54, 1.807) is 19.1 Å². The number of benzene rings is 3. The molecule has 1 aliphatic carbocycles. The van der Waals surface area contributed by atoms with Gasteiger partial charge in [-0.05, 0) is 90.6 Å². The standard InChI is InChI=1S/C39H38FN5O2/c1-23(2)20-33-36(38(41)46)35(37(39-44-43-24(3)47-39)32(42-33)16-10-25-8-14-30(40)15-9-25)28-13-17-34-27(21-28)18-19-45(34)22-29-12-11-26-6-4-5-7-31(26)29/h4-9,13-15,17-19,21,23,29H,10-12,16,20,22H2,1-3H3,(H2,41,46)/t29-/m1/s1. The van der Waals surface area contributed by atoms with Crippen molar-refractivity contribution in [1.29, 1.82) is 0 Å². The van der Waals surface area contributed by atoms with Crippen LogP contribution in [0.4, 0.5) is 4.39 Å². The first-order valence-electron chi connectivity index (χ1n) is 16.3. The Balaban J connectivity index is 1.37. The van der Waals surface area contributed by atoms with Crippen molar-refractivity contribution in [3.05, 3.63) is 124 Å². The van der Waals surface area contributed by atoms with Gasteiger partial charge in [-0.15, -0.1) is 10.2 Å². The highest BCUT2D eigenvalue weighted by molar-refractivity contribution is 6.05. The first-order chi connectivity index (χ1) is 22.7. The summed E-state index contributed by atoms with van der Waals surface area (Å²) in [6.07, 6.45) is 6.10. The van der Waals surface area contributed by atoms with Crippen molar-refractivity contribution >= 4 is 16.8 Å². The molecule has 6 aromatic rings. The third-order valence-electron chi connectivity index (χ3n) is 9.23. The van der Waals surface area contributed by atoms with Crippen molar-refractivity contribution in [2.75, 3.05) is 0 Å². The molecule has 1 amide bonds. The monoisotopic (exact) mass is 627 g/mol. The molecule has 0 spiro atoms. The molecule has 238 valence electrons. The van der Waals surface area contributed by atoms with Crippen LogP contribution in [0.1, 0.15) is 70.5 Å². The molecule has 3 aromatic heterocycles. The van der Waals surface area contributed by atoms with Gasteiger partial charge in [-0.1, -0.05) is 56.3 Å². The molecular formula is C39H38FN5O2. The van der Waals surface area contributed by atoms with Gasteiger partial charge in [0.15, 0.2) is 0 Å². The van der Waals surface area contributed by atoms with Crippen LogP contribution in [0.3, 0.4) is 0 Å². The zero-order valence-corrected chi connectivity index (χ0v) is 27.0. The molecule has 0 radical (unpaired) electrons. The third-order valence-corrected chi connectivity index (χ3v) is 9.23. The molecule has 0 bridgehead atoms. The van der Waals surface area contributed by atoms with Gasteiger partial charge in [0.2, 0.25) is 11.8 Å². The van der Waals surface area contributed by atoms with E-state index in [-0.39, 0.29) is 17.6 Å². The molecule has 0 unspecified atom stereocenters. The molecular weight excluding hydrogens is 589 g/mol. The molecule has 0 saturated carbocycles. The van der Waals surface area contributed by atoms with Crippen molar-refractivity contribution in [3.63, 3.8) is 0 Å². The lowest BCUT2D eigenvalue weighted by Crippen LogP contribution is -2.20. The Morgan fingerprint density at radius 3 is 2.55 bits per heavy atom. The summed E-state index contributed by atoms with van der Waals surface area (Å²) in [6.45, 7) is 6.83. The predicted molar refractivity (Wildman–Crippen MR) is 182 cm³/mol. The fourth-order valence-electron chi connectivity index (χ4n) is 7.09. The number of pyridine rings is 1. The zero-order valence-electron chi connectivity index (χ0n) is 27.0. The first-order valence-corrected chi connectivity index (χ1v) is 16.3. The maximum absolute atomic E-state index is 13.7. The smallest absolute Gasteiger partial charge is 0.251 e. The normalized spacial score (nSPS) is 14.3. The number of aryl methyl sites for hydroxylation is 4. The van der Waals surface area contributed by atoms with Crippen LogP contribution in [0.25, 0.3) is 33.5 Å². The highest BCUT2D eigenvalue weighted by atomic mass is 19.1. The molecule has 0 fully saturated rings. The van der Waals surface area contributed by atoms with Gasteiger partial charge in [-0.2, -0.15) is 0 Å². The largest absolute Gasteiger partial charge is 0.421 e. The van der Waals surface area contributed by atoms with E-state index in [1.165, 1.54) is 23.3 Å². The molecule has 0 saturated heterocycles. The van der Waals surface area contributed by atoms with Crippen molar-refractivity contribution in [1.82, 2.24) is 19.7 Å². The average molecular weight is 628 g/mol. The highest BCUT2D eigenvalue weighted by Crippen LogP contribution is 2.41. The summed E-state index contributed by atoms with van der Waals surface area (Å²) in [4.78, 5) is 18.4. The van der Waals surface area contributed by atoms with Crippen molar-refractivity contribution in [2.45, 2.75) is 65.3 Å². The Bertz CT molecular complexity index is 2090. The van der Waals surface area contributed by atoms with Crippen LogP contribution >= 0.6 is 0 Å². The molecule has 0 aliphatic heterocycles. The fourth-order valence-corrected chi connectivity index (χ4v) is 7.09. The van der Waals surface area contributed by atoms with Gasteiger partial charge in [0.25, 0.3) is 5.91 Å². The number of hydrogen-bond donors (Lipinski definition) is 1. The number of nitrogens with two attached hydrogens (primary N) is 1. The van der Waals surface area contributed by atoms with Gasteiger partial charge in [0.05, 0.1) is 22.5 Å². The molecule has 2 N–H and O–H groups in total. The van der Waals surface area contributed by atoms with Gasteiger partial charge >= 0.3 is 0 Å². The van der Waals surface area contributed by atoms with E-state index >= 15 is 0 Å². The van der Waals surface area contributed by atoms with E-state index in [9.17, 15) is 9.18 Å². The number of rotatable bonds is 10. The van der Waals surface area contributed by atoms with Crippen LogP contribution in [0.15, 0.2) is 83.4 Å². The van der Waals surface area contributed by atoms with Crippen LogP contribution in [-0.4, -0.2) is 25.7 Å². The SMILES string of the molecule is Cc1nnc(-c2c(CCc3ccc(F)cc3)nc(CC(C)C)c(C(N)=O)c2-c2ccc3c(ccn3C[C@H]3CCc4ccccc43)c2)o1. The molecule has 3 heterocycles. The Morgan fingerprint density at radius 2 is 1.81 bits per heavy atom. The number of carbonyl (C=O) groups excluding carboxylic acids is 1. The minimum absolute atomic E-state index is 0.229. The number of hydrogen-bond acceptors (Lipinski definition) is 5. The summed E-state index contributed by atoms with van der Waals surface area (Å²) < 4.78 is 22.0. The second kappa shape index (κ2) is 12.6. The minimum atomic E-state index is -0.553. The van der Waals surface area contributed by atoms with Gasteiger partial charge < -0.3 is 14.7 Å². The number of nitrogens with zero attached hydrogens (tertiary/aromatic N) is 4. The van der Waals surface area contributed by atoms with E-state index in [2.05, 4.69) is 83.3 Å². The summed E-state index contributed by atoms with van der Waals surface area (Å²) in [5.74, 6) is 0.560. The molecule has 7 rings (SSSR count). The first kappa shape index (κ1) is 30.5. The molecule has 8 heteroatoms.